The number of hydrogen-bond acceptors (Lipinski definition) is 12. The van der Waals surface area contributed by atoms with Crippen molar-refractivity contribution in [3.8, 4) is 0 Å². The highest BCUT2D eigenvalue weighted by Gasteiger charge is 2.55. The van der Waals surface area contributed by atoms with E-state index in [0.717, 1.165) is 0 Å². The van der Waals surface area contributed by atoms with Crippen molar-refractivity contribution in [2.45, 2.75) is 50.4 Å². The van der Waals surface area contributed by atoms with Crippen LogP contribution in [0.4, 0.5) is 0 Å². The normalized spacial score (nSPS) is 32.6. The van der Waals surface area contributed by atoms with Crippen LogP contribution in [0.25, 0.3) is 0 Å². The van der Waals surface area contributed by atoms with Crippen molar-refractivity contribution in [3.05, 3.63) is 0 Å². The first-order valence-corrected chi connectivity index (χ1v) is 9.52. The molecule has 3 rings (SSSR count). The summed E-state index contributed by atoms with van der Waals surface area (Å²) in [4.78, 5) is 48.3. The fourth-order valence-corrected chi connectivity index (χ4v) is 3.73. The lowest BCUT2D eigenvalue weighted by Gasteiger charge is -2.31. The van der Waals surface area contributed by atoms with Crippen LogP contribution in [0.3, 0.4) is 0 Å². The molecule has 14 heteroatoms. The molecule has 0 saturated carbocycles. The first-order valence-electron chi connectivity index (χ1n) is 8.76. The Hall–Kier alpha value is -2.28. The van der Waals surface area contributed by atoms with E-state index in [4.69, 9.17) is 47.9 Å². The van der Waals surface area contributed by atoms with Gasteiger partial charge in [0.2, 0.25) is 10.4 Å². The van der Waals surface area contributed by atoms with Crippen LogP contribution in [0.5, 0.6) is 0 Å². The summed E-state index contributed by atoms with van der Waals surface area (Å²) in [5.74, 6) is -1.67. The summed E-state index contributed by atoms with van der Waals surface area (Å²) in [5, 5.41) is -1.94. The van der Waals surface area contributed by atoms with Crippen LogP contribution in [0.1, 0.15) is 20.8 Å². The number of rotatable bonds is 5. The summed E-state index contributed by atoms with van der Waals surface area (Å²) < 4.78 is 21.7. The topological polar surface area (TPSA) is 154 Å². The third kappa shape index (κ3) is 4.56. The Morgan fingerprint density at radius 1 is 1.20 bits per heavy atom. The molecule has 12 nitrogen and oxygen atoms in total. The highest BCUT2D eigenvalue weighted by Crippen LogP contribution is 2.34. The SMILES string of the molecule is CC(=O)OC[C@H]1O[C@@H](N2CN=C3C2=NC(Cl)=NC3(N)Cl)[C@H](OC(C)=O)[C@@H]1OC(C)=O. The fourth-order valence-electron chi connectivity index (χ4n) is 3.25. The first kappa shape index (κ1) is 22.4. The maximum Gasteiger partial charge on any atom is 0.303 e. The minimum atomic E-state index is -1.73. The maximum absolute atomic E-state index is 11.7. The molecule has 0 aliphatic carbocycles. The molecule has 0 aromatic heterocycles. The van der Waals surface area contributed by atoms with Crippen LogP contribution in [-0.2, 0) is 33.3 Å². The number of hydrogen-bond donors (Lipinski definition) is 1. The second-order valence-electron chi connectivity index (χ2n) is 6.62. The monoisotopic (exact) mass is 463 g/mol. The van der Waals surface area contributed by atoms with Crippen LogP contribution in [0.2, 0.25) is 0 Å². The van der Waals surface area contributed by atoms with Gasteiger partial charge in [0.05, 0.1) is 0 Å². The standard InChI is InChI=1S/C16H19Cl2N5O7/c1-6(24)27-4-9-10(28-7(2)25)11(29-8(3)26)14(30-9)23-5-20-12-13(23)21-15(17)22-16(12,18)19/h9-11,14H,4-5,19H2,1-3H3/t9-,10-,11-,14-,16?/m1/s1. The lowest BCUT2D eigenvalue weighted by Crippen LogP contribution is -2.54. The molecular formula is C16H19Cl2N5O7. The van der Waals surface area contributed by atoms with Gasteiger partial charge in [-0.3, -0.25) is 25.1 Å². The van der Waals surface area contributed by atoms with Crippen molar-refractivity contribution in [3.63, 3.8) is 0 Å². The third-order valence-electron chi connectivity index (χ3n) is 4.30. The Labute approximate surface area is 181 Å². The molecule has 1 saturated heterocycles. The van der Waals surface area contributed by atoms with Crippen molar-refractivity contribution in [2.75, 3.05) is 13.3 Å². The first-order chi connectivity index (χ1) is 14.0. The van der Waals surface area contributed by atoms with Gasteiger partial charge in [-0.25, -0.2) is 4.99 Å². The molecule has 0 aromatic rings. The quantitative estimate of drug-likeness (QED) is 0.250. The van der Waals surface area contributed by atoms with Crippen LogP contribution in [0.15, 0.2) is 15.0 Å². The van der Waals surface area contributed by atoms with Crippen LogP contribution < -0.4 is 5.73 Å². The Bertz CT molecular complexity index is 859. The Balaban J connectivity index is 1.93. The van der Waals surface area contributed by atoms with Gasteiger partial charge in [0.1, 0.15) is 25.1 Å². The van der Waals surface area contributed by atoms with Gasteiger partial charge in [-0.1, -0.05) is 11.6 Å². The second kappa shape index (κ2) is 8.46. The molecule has 1 fully saturated rings. The highest BCUT2D eigenvalue weighted by atomic mass is 35.5. The van der Waals surface area contributed by atoms with E-state index in [1.165, 1.54) is 25.7 Å². The second-order valence-corrected chi connectivity index (χ2v) is 7.54. The van der Waals surface area contributed by atoms with Crippen molar-refractivity contribution in [2.24, 2.45) is 20.7 Å². The van der Waals surface area contributed by atoms with Crippen molar-refractivity contribution in [1.29, 1.82) is 0 Å². The Morgan fingerprint density at radius 2 is 1.83 bits per heavy atom. The summed E-state index contributed by atoms with van der Waals surface area (Å²) in [5.41, 5.74) is 6.08. The number of alkyl halides is 1. The Morgan fingerprint density at radius 3 is 2.43 bits per heavy atom. The molecule has 0 aromatic carbocycles. The third-order valence-corrected chi connectivity index (χ3v) is 4.73. The maximum atomic E-state index is 11.7. The van der Waals surface area contributed by atoms with E-state index in [1.807, 2.05) is 0 Å². The number of ether oxygens (including phenoxy) is 4. The minimum absolute atomic E-state index is 0.0188. The number of amidine groups is 2. The fraction of sp³-hybridized carbons (Fsp3) is 0.625. The van der Waals surface area contributed by atoms with E-state index in [1.54, 1.807) is 0 Å². The van der Waals surface area contributed by atoms with Gasteiger partial charge < -0.3 is 23.8 Å². The molecule has 3 aliphatic rings. The number of nitrogens with zero attached hydrogens (tertiary/aromatic N) is 4. The zero-order chi connectivity index (χ0) is 22.2. The zero-order valence-corrected chi connectivity index (χ0v) is 17.7. The average molecular weight is 464 g/mol. The van der Waals surface area contributed by atoms with Gasteiger partial charge in [0, 0.05) is 20.8 Å². The molecule has 30 heavy (non-hydrogen) atoms. The molecule has 0 spiro atoms. The van der Waals surface area contributed by atoms with Crippen molar-refractivity contribution in [1.82, 2.24) is 4.90 Å². The van der Waals surface area contributed by atoms with Crippen molar-refractivity contribution >= 4 is 58.0 Å². The summed E-state index contributed by atoms with van der Waals surface area (Å²) in [6.07, 6.45) is -4.10. The van der Waals surface area contributed by atoms with Gasteiger partial charge in [0.15, 0.2) is 24.3 Å². The number of carbonyl (C=O) groups is 3. The van der Waals surface area contributed by atoms with Gasteiger partial charge in [-0.15, -0.1) is 0 Å². The molecule has 164 valence electrons. The lowest BCUT2D eigenvalue weighted by molar-refractivity contribution is -0.166. The molecule has 0 bridgehead atoms. The number of halogens is 2. The summed E-state index contributed by atoms with van der Waals surface area (Å²) in [7, 11) is 0. The summed E-state index contributed by atoms with van der Waals surface area (Å²) >= 11 is 12.1. The molecule has 5 atom stereocenters. The predicted molar refractivity (Wildman–Crippen MR) is 104 cm³/mol. The van der Waals surface area contributed by atoms with Crippen LogP contribution in [0, 0.1) is 0 Å². The summed E-state index contributed by atoms with van der Waals surface area (Å²) in [6.45, 7) is 3.34. The summed E-state index contributed by atoms with van der Waals surface area (Å²) in [6, 6.07) is 0. The minimum Gasteiger partial charge on any atom is -0.463 e. The molecule has 1 unspecified atom stereocenters. The largest absolute Gasteiger partial charge is 0.463 e. The van der Waals surface area contributed by atoms with Gasteiger partial charge in [-0.05, 0) is 11.6 Å². The highest BCUT2D eigenvalue weighted by molar-refractivity contribution is 6.70. The van der Waals surface area contributed by atoms with Crippen LogP contribution >= 0.6 is 23.2 Å². The average Bonchev–Trinajstić information content (AvgIpc) is 3.14. The number of esters is 3. The lowest BCUT2D eigenvalue weighted by atomic mass is 10.1. The Kier molecular flexibility index (Phi) is 6.32. The van der Waals surface area contributed by atoms with Crippen molar-refractivity contribution < 1.29 is 33.3 Å². The van der Waals surface area contributed by atoms with E-state index in [9.17, 15) is 14.4 Å². The molecule has 0 amide bonds. The van der Waals surface area contributed by atoms with E-state index in [-0.39, 0.29) is 30.1 Å². The van der Waals surface area contributed by atoms with E-state index < -0.39 is 47.6 Å². The molecule has 0 radical (unpaired) electrons. The van der Waals surface area contributed by atoms with E-state index >= 15 is 0 Å². The smallest absolute Gasteiger partial charge is 0.303 e. The van der Waals surface area contributed by atoms with Gasteiger partial charge in [0.25, 0.3) is 0 Å². The molecule has 3 heterocycles. The number of aliphatic imine (C=N–C) groups is 3. The van der Waals surface area contributed by atoms with E-state index in [2.05, 4.69) is 15.0 Å². The van der Waals surface area contributed by atoms with Gasteiger partial charge >= 0.3 is 17.9 Å². The molecular weight excluding hydrogens is 445 g/mol. The number of nitrogens with two attached hydrogens (primary N) is 1. The molecule has 2 N–H and O–H groups in total. The van der Waals surface area contributed by atoms with Crippen LogP contribution in [-0.4, -0.2) is 82.6 Å². The predicted octanol–water partition coefficient (Wildman–Crippen LogP) is -0.290. The molecule has 3 aliphatic heterocycles. The zero-order valence-electron chi connectivity index (χ0n) is 16.2. The number of fused-ring (bicyclic) bond motifs is 1. The van der Waals surface area contributed by atoms with E-state index in [0.29, 0.717) is 0 Å². The van der Waals surface area contributed by atoms with Gasteiger partial charge in [-0.2, -0.15) is 4.99 Å². The number of carbonyl (C=O) groups excluding carboxylic acids is 3.